The van der Waals surface area contributed by atoms with E-state index >= 15 is 0 Å². The number of likely N-dealkylation sites (N-methyl/N-ethyl adjacent to an activating group) is 1. The Morgan fingerprint density at radius 2 is 2.05 bits per heavy atom. The molecule has 0 fully saturated rings. The Hall–Kier alpha value is -2.29. The van der Waals surface area contributed by atoms with Crippen molar-refractivity contribution in [2.45, 2.75) is 26.8 Å². The summed E-state index contributed by atoms with van der Waals surface area (Å²) >= 11 is 1.35. The van der Waals surface area contributed by atoms with Gasteiger partial charge in [-0.05, 0) is 20.8 Å². The van der Waals surface area contributed by atoms with Gasteiger partial charge in [0.15, 0.2) is 5.69 Å². The molecular weight excluding hydrogens is 294 g/mol. The minimum absolute atomic E-state index is 0.183. The van der Waals surface area contributed by atoms with Gasteiger partial charge in [0.2, 0.25) is 5.91 Å². The number of nitrogens with zero attached hydrogens (tertiary/aromatic N) is 4. The molecule has 2 heterocycles. The largest absolute Gasteiger partial charge is 0.476 e. The number of carbonyl (C=O) groups excluding carboxylic acids is 1. The first kappa shape index (κ1) is 15.1. The number of carboxylic acid groups (broad SMARTS) is 1. The molecule has 2 aromatic heterocycles. The molecule has 0 aliphatic carbocycles. The molecule has 0 aliphatic heterocycles. The van der Waals surface area contributed by atoms with Gasteiger partial charge >= 0.3 is 5.97 Å². The second kappa shape index (κ2) is 5.60. The molecule has 0 spiro atoms. The van der Waals surface area contributed by atoms with E-state index in [-0.39, 0.29) is 11.6 Å². The Labute approximate surface area is 124 Å². The first-order valence-corrected chi connectivity index (χ1v) is 7.03. The van der Waals surface area contributed by atoms with E-state index in [4.69, 9.17) is 0 Å². The topological polar surface area (TPSA) is 110 Å². The Bertz CT molecular complexity index is 706. The van der Waals surface area contributed by atoms with Gasteiger partial charge in [-0.15, -0.1) is 16.4 Å². The van der Waals surface area contributed by atoms with Crippen molar-refractivity contribution in [3.63, 3.8) is 0 Å². The maximum absolute atomic E-state index is 11.8. The minimum atomic E-state index is -1.19. The maximum atomic E-state index is 11.8. The molecule has 2 N–H and O–H groups in total. The third-order valence-electron chi connectivity index (χ3n) is 3.01. The van der Waals surface area contributed by atoms with Gasteiger partial charge in [-0.3, -0.25) is 4.79 Å². The van der Waals surface area contributed by atoms with Crippen molar-refractivity contribution < 1.29 is 14.7 Å². The minimum Gasteiger partial charge on any atom is -0.476 e. The van der Waals surface area contributed by atoms with Gasteiger partial charge in [0.05, 0.1) is 15.6 Å². The molecule has 21 heavy (non-hydrogen) atoms. The van der Waals surface area contributed by atoms with E-state index in [0.29, 0.717) is 16.3 Å². The number of aromatic carboxylic acids is 1. The van der Waals surface area contributed by atoms with Gasteiger partial charge in [-0.1, -0.05) is 5.21 Å². The number of carboxylic acids is 1. The maximum Gasteiger partial charge on any atom is 0.358 e. The molecule has 1 atom stereocenters. The van der Waals surface area contributed by atoms with Crippen molar-refractivity contribution in [3.8, 4) is 10.6 Å². The number of rotatable bonds is 4. The van der Waals surface area contributed by atoms with Gasteiger partial charge in [0, 0.05) is 7.05 Å². The highest BCUT2D eigenvalue weighted by Crippen LogP contribution is 2.33. The molecule has 1 unspecified atom stereocenters. The van der Waals surface area contributed by atoms with Crippen LogP contribution in [0.4, 0.5) is 0 Å². The van der Waals surface area contributed by atoms with Crippen molar-refractivity contribution in [1.29, 1.82) is 0 Å². The van der Waals surface area contributed by atoms with Crippen LogP contribution in [0.1, 0.15) is 34.2 Å². The Morgan fingerprint density at radius 3 is 2.52 bits per heavy atom. The summed E-state index contributed by atoms with van der Waals surface area (Å²) in [6.07, 6.45) is 0. The summed E-state index contributed by atoms with van der Waals surface area (Å²) in [5, 5.41) is 20.1. The molecule has 0 radical (unpaired) electrons. The van der Waals surface area contributed by atoms with Crippen LogP contribution in [-0.4, -0.2) is 44.0 Å². The van der Waals surface area contributed by atoms with Gasteiger partial charge in [0.25, 0.3) is 0 Å². The van der Waals surface area contributed by atoms with Crippen LogP contribution in [-0.2, 0) is 4.79 Å². The van der Waals surface area contributed by atoms with Gasteiger partial charge in [0.1, 0.15) is 11.7 Å². The normalized spacial score (nSPS) is 12.2. The molecule has 2 aromatic rings. The van der Waals surface area contributed by atoms with Crippen LogP contribution in [0.3, 0.4) is 0 Å². The standard InChI is InChI=1S/C12H15N5O3S/c1-5-10(21-7(3)14-5)9-8(12(19)20)15-16-17(9)6(2)11(18)13-4/h6H,1-4H3,(H,13,18)(H,19,20). The fraction of sp³-hybridized carbons (Fsp3) is 0.417. The van der Waals surface area contributed by atoms with Crippen molar-refractivity contribution in [2.75, 3.05) is 7.05 Å². The predicted molar refractivity (Wildman–Crippen MR) is 76.3 cm³/mol. The molecule has 2 rings (SSSR count). The molecule has 112 valence electrons. The first-order chi connectivity index (χ1) is 9.86. The molecule has 8 nitrogen and oxygen atoms in total. The van der Waals surface area contributed by atoms with Crippen molar-refractivity contribution >= 4 is 23.2 Å². The zero-order valence-corrected chi connectivity index (χ0v) is 12.9. The number of hydrogen-bond donors (Lipinski definition) is 2. The number of nitrogens with one attached hydrogen (secondary N) is 1. The SMILES string of the molecule is CNC(=O)C(C)n1nnc(C(=O)O)c1-c1sc(C)nc1C. The van der Waals surface area contributed by atoms with Crippen LogP contribution in [0.5, 0.6) is 0 Å². The molecular formula is C12H15N5O3S. The molecule has 1 amide bonds. The molecule has 0 bridgehead atoms. The van der Waals surface area contributed by atoms with Gasteiger partial charge in [-0.25, -0.2) is 14.5 Å². The van der Waals surface area contributed by atoms with E-state index in [0.717, 1.165) is 5.01 Å². The lowest BCUT2D eigenvalue weighted by Gasteiger charge is -2.12. The Kier molecular flexibility index (Phi) is 4.03. The second-order valence-electron chi connectivity index (χ2n) is 4.47. The van der Waals surface area contributed by atoms with Crippen LogP contribution in [0.15, 0.2) is 0 Å². The van der Waals surface area contributed by atoms with E-state index in [2.05, 4.69) is 20.6 Å². The van der Waals surface area contributed by atoms with Crippen LogP contribution >= 0.6 is 11.3 Å². The zero-order valence-electron chi connectivity index (χ0n) is 12.0. The zero-order chi connectivity index (χ0) is 15.7. The summed E-state index contributed by atoms with van der Waals surface area (Å²) < 4.78 is 1.32. The summed E-state index contributed by atoms with van der Waals surface area (Å²) in [7, 11) is 1.51. The van der Waals surface area contributed by atoms with E-state index in [1.54, 1.807) is 13.8 Å². The number of aryl methyl sites for hydroxylation is 2. The Balaban J connectivity index is 2.66. The van der Waals surface area contributed by atoms with E-state index in [1.807, 2.05) is 6.92 Å². The average molecular weight is 309 g/mol. The van der Waals surface area contributed by atoms with E-state index < -0.39 is 12.0 Å². The molecule has 0 saturated carbocycles. The summed E-state index contributed by atoms with van der Waals surface area (Å²) in [5.41, 5.74) is 0.812. The lowest BCUT2D eigenvalue weighted by atomic mass is 10.2. The second-order valence-corrected chi connectivity index (χ2v) is 5.68. The number of amides is 1. The molecule has 0 aliphatic rings. The predicted octanol–water partition coefficient (Wildman–Crippen LogP) is 1.02. The van der Waals surface area contributed by atoms with Crippen LogP contribution < -0.4 is 5.32 Å². The number of hydrogen-bond acceptors (Lipinski definition) is 6. The summed E-state index contributed by atoms with van der Waals surface area (Å²) in [5.74, 6) is -1.47. The fourth-order valence-corrected chi connectivity index (χ4v) is 2.95. The summed E-state index contributed by atoms with van der Waals surface area (Å²) in [6.45, 7) is 5.25. The van der Waals surface area contributed by atoms with Gasteiger partial charge < -0.3 is 10.4 Å². The third-order valence-corrected chi connectivity index (χ3v) is 4.09. The highest BCUT2D eigenvalue weighted by molar-refractivity contribution is 7.15. The van der Waals surface area contributed by atoms with E-state index in [1.165, 1.54) is 23.1 Å². The van der Waals surface area contributed by atoms with Crippen LogP contribution in [0, 0.1) is 13.8 Å². The highest BCUT2D eigenvalue weighted by atomic mass is 32.1. The lowest BCUT2D eigenvalue weighted by Crippen LogP contribution is -2.29. The number of carbonyl (C=O) groups is 2. The fourth-order valence-electron chi connectivity index (χ4n) is 1.99. The lowest BCUT2D eigenvalue weighted by molar-refractivity contribution is -0.123. The molecule has 9 heteroatoms. The Morgan fingerprint density at radius 1 is 1.38 bits per heavy atom. The summed E-state index contributed by atoms with van der Waals surface area (Å²) in [6, 6.07) is -0.674. The highest BCUT2D eigenvalue weighted by Gasteiger charge is 2.28. The average Bonchev–Trinajstić information content (AvgIpc) is 2.99. The molecule has 0 aromatic carbocycles. The van der Waals surface area contributed by atoms with Crippen molar-refractivity contribution in [1.82, 2.24) is 25.3 Å². The van der Waals surface area contributed by atoms with Crippen LogP contribution in [0.25, 0.3) is 10.6 Å². The monoisotopic (exact) mass is 309 g/mol. The van der Waals surface area contributed by atoms with Crippen molar-refractivity contribution in [3.05, 3.63) is 16.4 Å². The van der Waals surface area contributed by atoms with Crippen molar-refractivity contribution in [2.24, 2.45) is 0 Å². The quantitative estimate of drug-likeness (QED) is 0.872. The number of aromatic nitrogens is 4. The van der Waals surface area contributed by atoms with Gasteiger partial charge in [-0.2, -0.15) is 0 Å². The third kappa shape index (κ3) is 2.64. The first-order valence-electron chi connectivity index (χ1n) is 6.21. The smallest absolute Gasteiger partial charge is 0.358 e. The van der Waals surface area contributed by atoms with Crippen LogP contribution in [0.2, 0.25) is 0 Å². The summed E-state index contributed by atoms with van der Waals surface area (Å²) in [4.78, 5) is 28.1. The molecule has 0 saturated heterocycles. The number of thiazole rings is 1. The van der Waals surface area contributed by atoms with E-state index in [9.17, 15) is 14.7 Å².